The molecule has 0 aliphatic rings. The second-order valence-corrected chi connectivity index (χ2v) is 2.39. The summed E-state index contributed by atoms with van der Waals surface area (Å²) in [6.07, 6.45) is 1.66. The summed E-state index contributed by atoms with van der Waals surface area (Å²) in [7, 11) is 0. The van der Waals surface area contributed by atoms with E-state index in [1.54, 1.807) is 6.20 Å². The average molecular weight is 352 g/mol. The van der Waals surface area contributed by atoms with Gasteiger partial charge < -0.3 is 4.98 Å². The number of rotatable bonds is 0. The van der Waals surface area contributed by atoms with E-state index in [-0.39, 0.29) is 32.9 Å². The molecule has 1 aromatic carbocycles. The van der Waals surface area contributed by atoms with Crippen molar-refractivity contribution in [3.8, 4) is 0 Å². The number of nitrogens with one attached hydrogen (secondary N) is 1. The predicted octanol–water partition coefficient (Wildman–Crippen LogP) is 1.15. The van der Waals surface area contributed by atoms with Gasteiger partial charge in [-0.05, 0) is 17.5 Å². The molecule has 1 N–H and O–H groups in total. The Morgan fingerprint density at radius 1 is 1.08 bits per heavy atom. The van der Waals surface area contributed by atoms with Crippen LogP contribution in [0.3, 0.4) is 0 Å². The number of hydrogen-bond donors (Lipinski definition) is 1. The average Bonchev–Trinajstić information content (AvgIpc) is 2.06. The summed E-state index contributed by atoms with van der Waals surface area (Å²) in [5, 5.41) is 1.73. The summed E-state index contributed by atoms with van der Waals surface area (Å²) in [5.41, 5.74) is -0.0249. The van der Waals surface area contributed by atoms with Gasteiger partial charge in [0, 0.05) is 38.9 Å². The molecule has 1 heterocycles. The molecule has 0 bridgehead atoms. The van der Waals surface area contributed by atoms with Gasteiger partial charge in [-0.1, -0.05) is 18.2 Å². The number of pyridine rings is 1. The molecular formula is C9H7NOPb. The number of hydrogen-bond acceptors (Lipinski definition) is 1. The van der Waals surface area contributed by atoms with Crippen LogP contribution in [0.1, 0.15) is 0 Å². The Hall–Kier alpha value is -0.648. The Kier molecular flexibility index (Phi) is 3.02. The zero-order chi connectivity index (χ0) is 7.68. The largest absolute Gasteiger partial charge is 0.329 e. The molecule has 2 nitrogen and oxygen atoms in total. The van der Waals surface area contributed by atoms with Crippen molar-refractivity contribution in [1.82, 2.24) is 4.98 Å². The van der Waals surface area contributed by atoms with E-state index >= 15 is 0 Å². The monoisotopic (exact) mass is 353 g/mol. The van der Waals surface area contributed by atoms with E-state index < -0.39 is 0 Å². The fraction of sp³-hybridized carbons (Fsp3) is 0. The number of benzene rings is 1. The molecule has 12 heavy (non-hydrogen) atoms. The molecule has 0 fully saturated rings. The van der Waals surface area contributed by atoms with Gasteiger partial charge in [0.15, 0.2) is 0 Å². The predicted molar refractivity (Wildman–Crippen MR) is 50.3 cm³/mol. The minimum absolute atomic E-state index is 0. The van der Waals surface area contributed by atoms with Crippen LogP contribution < -0.4 is 5.56 Å². The first-order valence-corrected chi connectivity index (χ1v) is 3.44. The molecule has 0 spiro atoms. The number of fused-ring (bicyclic) bond motifs is 1. The van der Waals surface area contributed by atoms with Crippen molar-refractivity contribution in [2.45, 2.75) is 0 Å². The van der Waals surface area contributed by atoms with Crippen molar-refractivity contribution in [2.75, 3.05) is 0 Å². The molecule has 0 amide bonds. The van der Waals surface area contributed by atoms with Gasteiger partial charge in [-0.2, -0.15) is 0 Å². The van der Waals surface area contributed by atoms with Gasteiger partial charge in [0.2, 0.25) is 0 Å². The molecule has 2 aromatic rings. The van der Waals surface area contributed by atoms with Crippen LogP contribution in [-0.2, 0) is 0 Å². The van der Waals surface area contributed by atoms with Crippen LogP contribution in [0.4, 0.5) is 0 Å². The van der Waals surface area contributed by atoms with Crippen LogP contribution in [0, 0.1) is 0 Å². The van der Waals surface area contributed by atoms with Gasteiger partial charge in [0.25, 0.3) is 5.56 Å². The third-order valence-corrected chi connectivity index (χ3v) is 1.68. The van der Waals surface area contributed by atoms with Gasteiger partial charge in [-0.3, -0.25) is 4.79 Å². The van der Waals surface area contributed by atoms with Gasteiger partial charge in [-0.15, -0.1) is 0 Å². The van der Waals surface area contributed by atoms with E-state index in [9.17, 15) is 4.79 Å². The first-order valence-electron chi connectivity index (χ1n) is 3.44. The van der Waals surface area contributed by atoms with E-state index in [2.05, 4.69) is 4.98 Å². The van der Waals surface area contributed by atoms with Gasteiger partial charge in [-0.25, -0.2) is 0 Å². The van der Waals surface area contributed by atoms with Crippen molar-refractivity contribution in [1.29, 1.82) is 0 Å². The molecule has 0 unspecified atom stereocenters. The van der Waals surface area contributed by atoms with E-state index in [0.29, 0.717) is 0 Å². The second kappa shape index (κ2) is 3.84. The van der Waals surface area contributed by atoms with E-state index in [0.717, 1.165) is 10.8 Å². The van der Waals surface area contributed by atoms with Crippen molar-refractivity contribution < 1.29 is 0 Å². The fourth-order valence-electron chi connectivity index (χ4n) is 1.13. The van der Waals surface area contributed by atoms with E-state index in [4.69, 9.17) is 0 Å². The first-order chi connectivity index (χ1) is 5.38. The number of H-pyrrole nitrogens is 1. The Morgan fingerprint density at radius 3 is 2.58 bits per heavy atom. The van der Waals surface area contributed by atoms with Crippen LogP contribution >= 0.6 is 0 Å². The van der Waals surface area contributed by atoms with Crippen molar-refractivity contribution in [3.05, 3.63) is 46.9 Å². The van der Waals surface area contributed by atoms with Crippen LogP contribution in [0.15, 0.2) is 41.3 Å². The molecular weight excluding hydrogens is 345 g/mol. The summed E-state index contributed by atoms with van der Waals surface area (Å²) >= 11 is 0. The smallest absolute Gasteiger partial charge is 0.255 e. The Bertz CT molecular complexity index is 430. The molecule has 58 valence electrons. The topological polar surface area (TPSA) is 32.9 Å². The fourth-order valence-corrected chi connectivity index (χ4v) is 1.13. The Morgan fingerprint density at radius 2 is 1.83 bits per heavy atom. The van der Waals surface area contributed by atoms with E-state index in [1.165, 1.54) is 0 Å². The SMILES string of the molecule is O=c1[nH]ccc2ccccc12.[Pb]. The molecule has 2 rings (SSSR count). The quantitative estimate of drug-likeness (QED) is 0.709. The summed E-state index contributed by atoms with van der Waals surface area (Å²) in [6.45, 7) is 0. The molecule has 3 heteroatoms. The van der Waals surface area contributed by atoms with E-state index in [1.807, 2.05) is 30.3 Å². The summed E-state index contributed by atoms with van der Waals surface area (Å²) < 4.78 is 0. The van der Waals surface area contributed by atoms with Gasteiger partial charge in [0.1, 0.15) is 0 Å². The maximum atomic E-state index is 11.1. The third kappa shape index (κ3) is 1.57. The number of aromatic amines is 1. The molecule has 0 atom stereocenters. The summed E-state index contributed by atoms with van der Waals surface area (Å²) in [5.74, 6) is 0. The van der Waals surface area contributed by atoms with Crippen LogP contribution in [-0.4, -0.2) is 32.3 Å². The Labute approximate surface area is 89.8 Å². The second-order valence-electron chi connectivity index (χ2n) is 2.39. The third-order valence-electron chi connectivity index (χ3n) is 1.68. The molecule has 4 radical (unpaired) electrons. The van der Waals surface area contributed by atoms with Crippen molar-refractivity contribution >= 4 is 38.1 Å². The van der Waals surface area contributed by atoms with Crippen LogP contribution in [0.5, 0.6) is 0 Å². The summed E-state index contributed by atoms with van der Waals surface area (Å²) in [4.78, 5) is 13.7. The van der Waals surface area contributed by atoms with Crippen LogP contribution in [0.25, 0.3) is 10.8 Å². The normalized spacial score (nSPS) is 9.33. The zero-order valence-electron chi connectivity index (χ0n) is 6.37. The molecule has 1 aromatic heterocycles. The van der Waals surface area contributed by atoms with Crippen molar-refractivity contribution in [3.63, 3.8) is 0 Å². The molecule has 0 saturated carbocycles. The standard InChI is InChI=1S/C9H7NO.Pb/c11-9-8-4-2-1-3-7(8)5-6-10-9;/h1-6H,(H,10,11);. The molecule has 0 aliphatic heterocycles. The van der Waals surface area contributed by atoms with Gasteiger partial charge >= 0.3 is 0 Å². The maximum absolute atomic E-state index is 11.1. The summed E-state index contributed by atoms with van der Waals surface area (Å²) in [6, 6.07) is 9.40. The molecule has 0 aliphatic carbocycles. The minimum Gasteiger partial charge on any atom is -0.329 e. The number of aromatic nitrogens is 1. The van der Waals surface area contributed by atoms with Gasteiger partial charge in [0.05, 0.1) is 0 Å². The maximum Gasteiger partial charge on any atom is 0.255 e. The van der Waals surface area contributed by atoms with Crippen LogP contribution in [0.2, 0.25) is 0 Å². The first kappa shape index (κ1) is 9.44. The minimum atomic E-state index is -0.0249. The van der Waals surface area contributed by atoms with Crippen molar-refractivity contribution in [2.24, 2.45) is 0 Å². The Balaban J connectivity index is 0.000000720. The zero-order valence-corrected chi connectivity index (χ0v) is 10.3. The molecule has 0 saturated heterocycles.